The summed E-state index contributed by atoms with van der Waals surface area (Å²) in [6, 6.07) is 0. The molecule has 4 rings (SSSR count). The quantitative estimate of drug-likeness (QED) is 0.630. The molecule has 30 heavy (non-hydrogen) atoms. The number of thiophene rings is 1. The number of sulfonamides is 1. The molecule has 12 heteroatoms. The number of rotatable bonds is 4. The molecule has 1 fully saturated rings. The maximum Gasteiger partial charge on any atom is 0.340 e. The molecule has 2 aromatic rings. The van der Waals surface area contributed by atoms with Crippen LogP contribution in [-0.4, -0.2) is 65.8 Å². The molecule has 2 aromatic heterocycles. The maximum atomic E-state index is 13.4. The van der Waals surface area contributed by atoms with Gasteiger partial charge in [-0.3, -0.25) is 4.79 Å². The number of amides is 1. The van der Waals surface area contributed by atoms with Crippen LogP contribution in [0.5, 0.6) is 0 Å². The number of carbonyl (C=O) groups is 2. The van der Waals surface area contributed by atoms with Crippen LogP contribution >= 0.6 is 22.9 Å². The molecule has 162 valence electrons. The summed E-state index contributed by atoms with van der Waals surface area (Å²) in [4.78, 5) is 27.5. The van der Waals surface area contributed by atoms with Gasteiger partial charge in [0.2, 0.25) is 0 Å². The minimum atomic E-state index is -3.82. The monoisotopic (exact) mass is 470 g/mol. The number of esters is 1. The van der Waals surface area contributed by atoms with Crippen LogP contribution in [0.4, 0.5) is 0 Å². The fourth-order valence-electron chi connectivity index (χ4n) is 3.86. The number of ether oxygens (including phenoxy) is 1. The SMILES string of the molecule is COC(=O)c1c(S(=O)(=O)N2CCCCCC2)sc2c1CCN(C(=O)c1csnn1)C2. The molecule has 2 aliphatic heterocycles. The smallest absolute Gasteiger partial charge is 0.340 e. The van der Waals surface area contributed by atoms with Crippen molar-refractivity contribution in [2.45, 2.75) is 42.9 Å². The van der Waals surface area contributed by atoms with Crippen LogP contribution in [0.2, 0.25) is 0 Å². The number of methoxy groups -OCH3 is 1. The molecule has 0 N–H and O–H groups in total. The van der Waals surface area contributed by atoms with Crippen LogP contribution < -0.4 is 0 Å². The lowest BCUT2D eigenvalue weighted by Gasteiger charge is -2.26. The van der Waals surface area contributed by atoms with Crippen LogP contribution in [0, 0.1) is 0 Å². The van der Waals surface area contributed by atoms with Gasteiger partial charge in [0.25, 0.3) is 15.9 Å². The van der Waals surface area contributed by atoms with E-state index < -0.39 is 16.0 Å². The van der Waals surface area contributed by atoms with E-state index in [1.807, 2.05) is 0 Å². The Morgan fingerprint density at radius 2 is 1.87 bits per heavy atom. The predicted molar refractivity (Wildman–Crippen MR) is 111 cm³/mol. The fourth-order valence-corrected chi connectivity index (χ4v) is 7.85. The second-order valence-electron chi connectivity index (χ2n) is 7.24. The van der Waals surface area contributed by atoms with Gasteiger partial charge in [-0.15, -0.1) is 16.4 Å². The second-order valence-corrected chi connectivity index (χ2v) is 11.1. The van der Waals surface area contributed by atoms with E-state index in [9.17, 15) is 18.0 Å². The molecular weight excluding hydrogens is 448 g/mol. The third kappa shape index (κ3) is 3.88. The Balaban J connectivity index is 1.71. The van der Waals surface area contributed by atoms with E-state index in [0.29, 0.717) is 36.5 Å². The second kappa shape index (κ2) is 8.69. The van der Waals surface area contributed by atoms with Gasteiger partial charge in [0.15, 0.2) is 5.69 Å². The Morgan fingerprint density at radius 1 is 1.13 bits per heavy atom. The molecule has 0 spiro atoms. The number of hydrogen-bond acceptors (Lipinski definition) is 9. The van der Waals surface area contributed by atoms with Crippen molar-refractivity contribution < 1.29 is 22.7 Å². The Labute approximate surface area is 182 Å². The summed E-state index contributed by atoms with van der Waals surface area (Å²) in [7, 11) is -2.57. The summed E-state index contributed by atoms with van der Waals surface area (Å²) < 4.78 is 37.0. The number of nitrogens with zero attached hydrogens (tertiary/aromatic N) is 4. The zero-order chi connectivity index (χ0) is 21.3. The van der Waals surface area contributed by atoms with Gasteiger partial charge in [0.1, 0.15) is 4.21 Å². The normalized spacial score (nSPS) is 18.0. The van der Waals surface area contributed by atoms with E-state index in [1.54, 1.807) is 10.3 Å². The average Bonchev–Trinajstić information content (AvgIpc) is 3.33. The Bertz CT molecular complexity index is 1040. The standard InChI is InChI=1S/C18H22N4O5S3/c1-27-17(24)15-12-6-9-21(16(23)13-11-28-20-19-13)10-14(12)29-18(15)30(25,26)22-7-4-2-3-5-8-22/h11H,2-10H2,1H3. The van der Waals surface area contributed by atoms with Crippen molar-refractivity contribution in [3.05, 3.63) is 27.1 Å². The van der Waals surface area contributed by atoms with Crippen molar-refractivity contribution >= 4 is 44.8 Å². The first-order chi connectivity index (χ1) is 14.4. The van der Waals surface area contributed by atoms with E-state index in [-0.39, 0.29) is 27.9 Å². The Hall–Kier alpha value is -1.89. The third-order valence-electron chi connectivity index (χ3n) is 5.42. The molecule has 1 amide bonds. The van der Waals surface area contributed by atoms with Crippen molar-refractivity contribution in [2.24, 2.45) is 0 Å². The van der Waals surface area contributed by atoms with Crippen molar-refractivity contribution in [3.8, 4) is 0 Å². The molecular formula is C18H22N4O5S3. The predicted octanol–water partition coefficient (Wildman–Crippen LogP) is 2.15. The van der Waals surface area contributed by atoms with Gasteiger partial charge in [-0.05, 0) is 36.4 Å². The Morgan fingerprint density at radius 3 is 2.50 bits per heavy atom. The van der Waals surface area contributed by atoms with Crippen LogP contribution in [0.3, 0.4) is 0 Å². The van der Waals surface area contributed by atoms with Crippen LogP contribution in [0.1, 0.15) is 57.0 Å². The molecule has 0 aromatic carbocycles. The van der Waals surface area contributed by atoms with Gasteiger partial charge in [-0.1, -0.05) is 17.3 Å². The summed E-state index contributed by atoms with van der Waals surface area (Å²) >= 11 is 2.17. The maximum absolute atomic E-state index is 13.4. The molecule has 2 aliphatic rings. The summed E-state index contributed by atoms with van der Waals surface area (Å²) in [6.45, 7) is 1.50. The van der Waals surface area contributed by atoms with Crippen LogP contribution in [0.25, 0.3) is 0 Å². The first-order valence-electron chi connectivity index (χ1n) is 9.73. The molecule has 0 radical (unpaired) electrons. The van der Waals surface area contributed by atoms with E-state index >= 15 is 0 Å². The molecule has 0 atom stereocenters. The lowest BCUT2D eigenvalue weighted by molar-refractivity contribution is 0.0595. The first-order valence-corrected chi connectivity index (χ1v) is 12.8. The van der Waals surface area contributed by atoms with Crippen molar-refractivity contribution in [1.29, 1.82) is 0 Å². The summed E-state index contributed by atoms with van der Waals surface area (Å²) in [5, 5.41) is 5.41. The van der Waals surface area contributed by atoms with Gasteiger partial charge in [0, 0.05) is 29.9 Å². The topological polar surface area (TPSA) is 110 Å². The number of hydrogen-bond donors (Lipinski definition) is 0. The third-order valence-corrected chi connectivity index (χ3v) is 9.54. The van der Waals surface area contributed by atoms with Gasteiger partial charge < -0.3 is 9.64 Å². The van der Waals surface area contributed by atoms with Crippen molar-refractivity contribution in [2.75, 3.05) is 26.7 Å². The molecule has 0 saturated carbocycles. The minimum Gasteiger partial charge on any atom is -0.465 e. The van der Waals surface area contributed by atoms with E-state index in [1.165, 1.54) is 11.4 Å². The molecule has 0 aliphatic carbocycles. The zero-order valence-electron chi connectivity index (χ0n) is 16.5. The lowest BCUT2D eigenvalue weighted by Crippen LogP contribution is -2.36. The average molecular weight is 471 g/mol. The number of fused-ring (bicyclic) bond motifs is 1. The van der Waals surface area contributed by atoms with E-state index in [4.69, 9.17) is 4.74 Å². The first kappa shape index (κ1) is 21.3. The highest BCUT2D eigenvalue weighted by atomic mass is 32.2. The molecule has 0 unspecified atom stereocenters. The Kier molecular flexibility index (Phi) is 6.19. The van der Waals surface area contributed by atoms with E-state index in [0.717, 1.165) is 48.6 Å². The highest BCUT2D eigenvalue weighted by molar-refractivity contribution is 7.91. The fraction of sp³-hybridized carbons (Fsp3) is 0.556. The number of carbonyl (C=O) groups excluding carboxylic acids is 2. The molecule has 0 bridgehead atoms. The van der Waals surface area contributed by atoms with Gasteiger partial charge in [0.05, 0.1) is 19.2 Å². The van der Waals surface area contributed by atoms with Gasteiger partial charge in [-0.2, -0.15) is 4.31 Å². The lowest BCUT2D eigenvalue weighted by atomic mass is 10.0. The molecule has 4 heterocycles. The van der Waals surface area contributed by atoms with Crippen molar-refractivity contribution in [1.82, 2.24) is 18.8 Å². The van der Waals surface area contributed by atoms with Crippen LogP contribution in [-0.2, 0) is 27.7 Å². The van der Waals surface area contributed by atoms with Gasteiger partial charge in [-0.25, -0.2) is 13.2 Å². The summed E-state index contributed by atoms with van der Waals surface area (Å²) in [5.41, 5.74) is 1.07. The van der Waals surface area contributed by atoms with Gasteiger partial charge >= 0.3 is 5.97 Å². The molecule has 1 saturated heterocycles. The molecule has 9 nitrogen and oxygen atoms in total. The summed E-state index contributed by atoms with van der Waals surface area (Å²) in [5.74, 6) is -0.899. The van der Waals surface area contributed by atoms with E-state index in [2.05, 4.69) is 9.59 Å². The minimum absolute atomic E-state index is 0.0332. The van der Waals surface area contributed by atoms with Crippen molar-refractivity contribution in [3.63, 3.8) is 0 Å². The zero-order valence-corrected chi connectivity index (χ0v) is 18.9. The highest BCUT2D eigenvalue weighted by Gasteiger charge is 2.38. The largest absolute Gasteiger partial charge is 0.465 e. The summed E-state index contributed by atoms with van der Waals surface area (Å²) in [6.07, 6.45) is 4.00. The van der Waals surface area contributed by atoms with Crippen LogP contribution in [0.15, 0.2) is 9.59 Å². The highest BCUT2D eigenvalue weighted by Crippen LogP contribution is 2.38. The number of aromatic nitrogens is 2.